The molecule has 4 aromatic rings. The number of nitrogens with zero attached hydrogens (tertiary/aromatic N) is 1. The van der Waals surface area contributed by atoms with Crippen LogP contribution in [0.1, 0.15) is 53.6 Å². The molecule has 0 heterocycles. The van der Waals surface area contributed by atoms with Gasteiger partial charge in [-0.05, 0) is 53.3 Å². The van der Waals surface area contributed by atoms with Gasteiger partial charge in [0.15, 0.2) is 0 Å². The molecule has 4 rings (SSSR count). The zero-order valence-electron chi connectivity index (χ0n) is 20.6. The van der Waals surface area contributed by atoms with Crippen LogP contribution in [0.25, 0.3) is 10.8 Å². The van der Waals surface area contributed by atoms with Gasteiger partial charge in [-0.15, -0.1) is 0 Å². The van der Waals surface area contributed by atoms with Gasteiger partial charge in [0.1, 0.15) is 5.82 Å². The van der Waals surface area contributed by atoms with Crippen molar-refractivity contribution in [2.45, 2.75) is 38.1 Å². The first kappa shape index (κ1) is 26.4. The van der Waals surface area contributed by atoms with Crippen molar-refractivity contribution in [1.82, 2.24) is 4.90 Å². The Kier molecular flexibility index (Phi) is 8.57. The lowest BCUT2D eigenvalue weighted by Gasteiger charge is -2.38. The molecule has 0 aliphatic carbocycles. The monoisotopic (exact) mass is 517 g/mol. The lowest BCUT2D eigenvalue weighted by molar-refractivity contribution is -0.137. The molecule has 0 fully saturated rings. The van der Waals surface area contributed by atoms with Gasteiger partial charge in [-0.1, -0.05) is 85.6 Å². The number of hydrogen-bond acceptors (Lipinski definition) is 2. The third-order valence-corrected chi connectivity index (χ3v) is 6.94. The molecule has 0 aliphatic rings. The summed E-state index contributed by atoms with van der Waals surface area (Å²) >= 11 is 6.22. The normalized spacial score (nSPS) is 12.7. The molecule has 0 radical (unpaired) electrons. The molecule has 0 aromatic heterocycles. The van der Waals surface area contributed by atoms with Crippen LogP contribution in [0, 0.1) is 5.82 Å². The Morgan fingerprint density at radius 1 is 0.892 bits per heavy atom. The smallest absolute Gasteiger partial charge is 0.305 e. The second-order valence-electron chi connectivity index (χ2n) is 9.08. The fraction of sp³-hybridized carbons (Fsp3) is 0.226. The molecular formula is C31H29ClFNO3. The van der Waals surface area contributed by atoms with E-state index in [1.54, 1.807) is 59.5 Å². The van der Waals surface area contributed by atoms with Crippen molar-refractivity contribution in [1.29, 1.82) is 0 Å². The predicted octanol–water partition coefficient (Wildman–Crippen LogP) is 7.55. The molecule has 1 amide bonds. The molecule has 1 unspecified atom stereocenters. The van der Waals surface area contributed by atoms with Crippen LogP contribution in [-0.4, -0.2) is 34.5 Å². The molecule has 2 atom stereocenters. The van der Waals surface area contributed by atoms with Crippen LogP contribution in [-0.2, 0) is 4.79 Å². The molecular weight excluding hydrogens is 489 g/mol. The molecule has 0 aliphatic heterocycles. The zero-order valence-corrected chi connectivity index (χ0v) is 21.4. The standard InChI is InChI=1S/C31H29ClFNO3/c1-2-8-28(34(20-19-29(35)36)31(37)22-9-4-3-5-10-22)30(21-13-15-23(32)16-14-21)26-17-18-27(33)25-12-7-6-11-24(25)26/h3-7,9-18,28,30H,2,8,19-20H2,1H3,(H,35,36)/t28-,30?/m0/s1. The van der Waals surface area contributed by atoms with Crippen molar-refractivity contribution in [3.8, 4) is 0 Å². The van der Waals surface area contributed by atoms with E-state index in [1.807, 2.05) is 37.3 Å². The number of carbonyl (C=O) groups excluding carboxylic acids is 1. The second kappa shape index (κ2) is 12.0. The molecule has 190 valence electrons. The number of hydrogen-bond donors (Lipinski definition) is 1. The summed E-state index contributed by atoms with van der Waals surface area (Å²) in [6.07, 6.45) is 1.20. The van der Waals surface area contributed by atoms with Crippen LogP contribution in [0.15, 0.2) is 91.0 Å². The van der Waals surface area contributed by atoms with E-state index in [9.17, 15) is 19.1 Å². The number of halogens is 2. The van der Waals surface area contributed by atoms with Crippen LogP contribution in [0.5, 0.6) is 0 Å². The Morgan fingerprint density at radius 3 is 2.19 bits per heavy atom. The fourth-order valence-electron chi connectivity index (χ4n) is 5.01. The summed E-state index contributed by atoms with van der Waals surface area (Å²) in [6.45, 7) is 2.09. The summed E-state index contributed by atoms with van der Waals surface area (Å²) in [6, 6.07) is 26.5. The summed E-state index contributed by atoms with van der Waals surface area (Å²) in [7, 11) is 0. The number of amides is 1. The van der Waals surface area contributed by atoms with Gasteiger partial charge in [0.25, 0.3) is 5.91 Å². The maximum atomic E-state index is 14.8. The highest BCUT2D eigenvalue weighted by Gasteiger charge is 2.34. The number of carboxylic acid groups (broad SMARTS) is 1. The van der Waals surface area contributed by atoms with Crippen LogP contribution in [0.2, 0.25) is 5.02 Å². The number of fused-ring (bicyclic) bond motifs is 1. The molecule has 0 saturated heterocycles. The largest absolute Gasteiger partial charge is 0.481 e. The number of rotatable bonds is 10. The molecule has 37 heavy (non-hydrogen) atoms. The number of carboxylic acids is 1. The predicted molar refractivity (Wildman–Crippen MR) is 146 cm³/mol. The van der Waals surface area contributed by atoms with Crippen LogP contribution < -0.4 is 0 Å². The van der Waals surface area contributed by atoms with Gasteiger partial charge >= 0.3 is 5.97 Å². The first-order valence-corrected chi connectivity index (χ1v) is 12.8. The highest BCUT2D eigenvalue weighted by atomic mass is 35.5. The van der Waals surface area contributed by atoms with E-state index in [2.05, 4.69) is 0 Å². The lowest BCUT2D eigenvalue weighted by atomic mass is 9.80. The third-order valence-electron chi connectivity index (χ3n) is 6.69. The van der Waals surface area contributed by atoms with Crippen molar-refractivity contribution in [2.75, 3.05) is 6.54 Å². The Labute approximate surface area is 221 Å². The van der Waals surface area contributed by atoms with Crippen LogP contribution in [0.3, 0.4) is 0 Å². The van der Waals surface area contributed by atoms with Crippen LogP contribution >= 0.6 is 11.6 Å². The maximum absolute atomic E-state index is 14.8. The number of benzene rings is 4. The molecule has 4 aromatic carbocycles. The highest BCUT2D eigenvalue weighted by molar-refractivity contribution is 6.30. The zero-order chi connectivity index (χ0) is 26.4. The van der Waals surface area contributed by atoms with E-state index in [0.29, 0.717) is 22.4 Å². The Morgan fingerprint density at radius 2 is 1.54 bits per heavy atom. The summed E-state index contributed by atoms with van der Waals surface area (Å²) in [4.78, 5) is 27.2. The van der Waals surface area contributed by atoms with Gasteiger partial charge in [-0.2, -0.15) is 0 Å². The van der Waals surface area contributed by atoms with Crippen molar-refractivity contribution < 1.29 is 19.1 Å². The maximum Gasteiger partial charge on any atom is 0.305 e. The number of carbonyl (C=O) groups is 2. The summed E-state index contributed by atoms with van der Waals surface area (Å²) < 4.78 is 14.8. The van der Waals surface area contributed by atoms with E-state index in [-0.39, 0.29) is 36.6 Å². The minimum absolute atomic E-state index is 0.0525. The second-order valence-corrected chi connectivity index (χ2v) is 9.51. The third kappa shape index (κ3) is 6.00. The Hall–Kier alpha value is -3.70. The van der Waals surface area contributed by atoms with Crippen molar-refractivity contribution >= 4 is 34.2 Å². The lowest BCUT2D eigenvalue weighted by Crippen LogP contribution is -2.45. The minimum atomic E-state index is -0.976. The van der Waals surface area contributed by atoms with Gasteiger partial charge in [0, 0.05) is 34.5 Å². The molecule has 0 spiro atoms. The van der Waals surface area contributed by atoms with Gasteiger partial charge < -0.3 is 10.0 Å². The SMILES string of the molecule is CCC[C@@H](C(c1ccc(Cl)cc1)c1ccc(F)c2ccccc12)N(CCC(=O)O)C(=O)c1ccccc1. The van der Waals surface area contributed by atoms with E-state index in [1.165, 1.54) is 6.07 Å². The molecule has 6 heteroatoms. The van der Waals surface area contributed by atoms with Crippen molar-refractivity contribution in [3.63, 3.8) is 0 Å². The van der Waals surface area contributed by atoms with Crippen molar-refractivity contribution in [2.24, 2.45) is 0 Å². The van der Waals surface area contributed by atoms with E-state index >= 15 is 0 Å². The highest BCUT2D eigenvalue weighted by Crippen LogP contribution is 2.39. The van der Waals surface area contributed by atoms with Gasteiger partial charge in [0.2, 0.25) is 0 Å². The van der Waals surface area contributed by atoms with Crippen LogP contribution in [0.4, 0.5) is 4.39 Å². The first-order valence-electron chi connectivity index (χ1n) is 12.4. The molecule has 0 saturated carbocycles. The number of aliphatic carboxylic acids is 1. The Bertz CT molecular complexity index is 1370. The fourth-order valence-corrected chi connectivity index (χ4v) is 5.14. The molecule has 1 N–H and O–H groups in total. The van der Waals surface area contributed by atoms with E-state index < -0.39 is 5.97 Å². The van der Waals surface area contributed by atoms with Gasteiger partial charge in [-0.3, -0.25) is 9.59 Å². The van der Waals surface area contributed by atoms with Gasteiger partial charge in [-0.25, -0.2) is 4.39 Å². The summed E-state index contributed by atoms with van der Waals surface area (Å²) in [5.41, 5.74) is 2.28. The Balaban J connectivity index is 1.93. The molecule has 4 nitrogen and oxygen atoms in total. The van der Waals surface area contributed by atoms with E-state index in [4.69, 9.17) is 11.6 Å². The summed E-state index contributed by atoms with van der Waals surface area (Å²) in [5, 5.41) is 11.4. The first-order chi connectivity index (χ1) is 17.9. The summed E-state index contributed by atoms with van der Waals surface area (Å²) in [5.74, 6) is -1.87. The topological polar surface area (TPSA) is 57.6 Å². The van der Waals surface area contributed by atoms with Crippen molar-refractivity contribution in [3.05, 3.63) is 119 Å². The minimum Gasteiger partial charge on any atom is -0.481 e. The van der Waals surface area contributed by atoms with Gasteiger partial charge in [0.05, 0.1) is 6.42 Å². The molecule has 0 bridgehead atoms. The average Bonchev–Trinajstić information content (AvgIpc) is 2.91. The quantitative estimate of drug-likeness (QED) is 0.236. The van der Waals surface area contributed by atoms with E-state index in [0.717, 1.165) is 22.9 Å². The average molecular weight is 518 g/mol.